The van der Waals surface area contributed by atoms with Crippen LogP contribution in [0.5, 0.6) is 17.2 Å². The van der Waals surface area contributed by atoms with Crippen molar-refractivity contribution in [1.29, 1.82) is 0 Å². The van der Waals surface area contributed by atoms with E-state index in [0.717, 1.165) is 0 Å². The van der Waals surface area contributed by atoms with Crippen molar-refractivity contribution >= 4 is 28.5 Å². The Labute approximate surface area is 199 Å². The van der Waals surface area contributed by atoms with Crippen molar-refractivity contribution in [3.63, 3.8) is 0 Å². The fraction of sp³-hybridized carbons (Fsp3) is 0.154. The van der Waals surface area contributed by atoms with Crippen LogP contribution in [-0.4, -0.2) is 12.6 Å². The third-order valence-corrected chi connectivity index (χ3v) is 5.33. The van der Waals surface area contributed by atoms with Crippen LogP contribution in [0.4, 0.5) is 4.39 Å². The van der Waals surface area contributed by atoms with Crippen LogP contribution in [0.25, 0.3) is 11.0 Å². The zero-order valence-corrected chi connectivity index (χ0v) is 19.1. The first-order valence-corrected chi connectivity index (χ1v) is 10.8. The van der Waals surface area contributed by atoms with Gasteiger partial charge in [0, 0.05) is 11.6 Å². The van der Waals surface area contributed by atoms with Gasteiger partial charge in [-0.25, -0.2) is 9.18 Å². The average molecular weight is 483 g/mol. The summed E-state index contributed by atoms with van der Waals surface area (Å²) in [4.78, 5) is 24.8. The van der Waals surface area contributed by atoms with E-state index in [9.17, 15) is 14.0 Å². The predicted molar refractivity (Wildman–Crippen MR) is 125 cm³/mol. The summed E-state index contributed by atoms with van der Waals surface area (Å²) in [5.41, 5.74) is 0.987. The molecule has 0 bridgehead atoms. The molecule has 8 heteroatoms. The van der Waals surface area contributed by atoms with Crippen LogP contribution < -0.4 is 14.9 Å². The molecule has 1 heterocycles. The van der Waals surface area contributed by atoms with Gasteiger partial charge in [0.05, 0.1) is 22.6 Å². The monoisotopic (exact) mass is 482 g/mol. The highest BCUT2D eigenvalue weighted by Gasteiger charge is 2.15. The molecule has 0 unspecified atom stereocenters. The second-order valence-electron chi connectivity index (χ2n) is 7.35. The molecular formula is C26H20ClFO6. The highest BCUT2D eigenvalue weighted by molar-refractivity contribution is 6.31. The number of fused-ring (bicyclic) bond motifs is 1. The molecule has 6 nitrogen and oxygen atoms in total. The van der Waals surface area contributed by atoms with Crippen LogP contribution >= 0.6 is 11.6 Å². The third-order valence-electron chi connectivity index (χ3n) is 4.98. The molecular weight excluding hydrogens is 463 g/mol. The van der Waals surface area contributed by atoms with Crippen molar-refractivity contribution in [3.05, 3.63) is 98.6 Å². The number of ether oxygens (including phenoxy) is 3. The molecule has 0 fully saturated rings. The highest BCUT2D eigenvalue weighted by Crippen LogP contribution is 2.28. The molecule has 0 saturated carbocycles. The first-order chi connectivity index (χ1) is 16.4. The molecule has 1 aromatic heterocycles. The minimum Gasteiger partial charge on any atom is -0.489 e. The van der Waals surface area contributed by atoms with E-state index in [0.29, 0.717) is 33.6 Å². The number of hydrogen-bond acceptors (Lipinski definition) is 6. The summed E-state index contributed by atoms with van der Waals surface area (Å²) in [5, 5.41) is 0.580. The first kappa shape index (κ1) is 23.3. The van der Waals surface area contributed by atoms with Gasteiger partial charge in [-0.3, -0.25) is 4.79 Å². The lowest BCUT2D eigenvalue weighted by atomic mass is 10.2. The first-order valence-electron chi connectivity index (χ1n) is 10.4. The molecule has 174 valence electrons. The van der Waals surface area contributed by atoms with Gasteiger partial charge in [0.1, 0.15) is 35.3 Å². The molecule has 0 aliphatic heterocycles. The van der Waals surface area contributed by atoms with Gasteiger partial charge in [-0.2, -0.15) is 0 Å². The molecule has 0 N–H and O–H groups in total. The minimum absolute atomic E-state index is 0.0446. The average Bonchev–Trinajstić information content (AvgIpc) is 2.81. The van der Waals surface area contributed by atoms with Crippen molar-refractivity contribution in [2.45, 2.75) is 20.5 Å². The predicted octanol–water partition coefficient (Wildman–Crippen LogP) is 6.44. The van der Waals surface area contributed by atoms with Gasteiger partial charge in [0.15, 0.2) is 0 Å². The van der Waals surface area contributed by atoms with Crippen molar-refractivity contribution in [1.82, 2.24) is 0 Å². The number of aryl methyl sites for hydroxylation is 1. The Hall–Kier alpha value is -3.84. The van der Waals surface area contributed by atoms with E-state index in [1.165, 1.54) is 12.1 Å². The van der Waals surface area contributed by atoms with Crippen LogP contribution in [0.15, 0.2) is 69.9 Å². The number of halogens is 2. The van der Waals surface area contributed by atoms with E-state index in [1.807, 2.05) is 0 Å². The van der Waals surface area contributed by atoms with Crippen molar-refractivity contribution in [2.24, 2.45) is 0 Å². The number of rotatable bonds is 7. The second-order valence-corrected chi connectivity index (χ2v) is 7.75. The maximum absolute atomic E-state index is 13.2. The molecule has 0 atom stereocenters. The van der Waals surface area contributed by atoms with Crippen molar-refractivity contribution < 1.29 is 27.8 Å². The lowest BCUT2D eigenvalue weighted by Gasteiger charge is -2.11. The Morgan fingerprint density at radius 2 is 1.76 bits per heavy atom. The van der Waals surface area contributed by atoms with Crippen LogP contribution in [0, 0.1) is 12.7 Å². The van der Waals surface area contributed by atoms with Crippen molar-refractivity contribution in [3.8, 4) is 17.2 Å². The number of carbonyl (C=O) groups excluding carboxylic acids is 1. The lowest BCUT2D eigenvalue weighted by molar-refractivity contribution is 0.0526. The molecule has 0 aliphatic rings. The maximum atomic E-state index is 13.2. The molecule has 4 rings (SSSR count). The van der Waals surface area contributed by atoms with Gasteiger partial charge in [0.25, 0.3) is 0 Å². The molecule has 34 heavy (non-hydrogen) atoms. The number of carbonyl (C=O) groups is 1. The number of benzene rings is 3. The lowest BCUT2D eigenvalue weighted by Crippen LogP contribution is -2.08. The molecule has 0 spiro atoms. The Bertz CT molecular complexity index is 1410. The Morgan fingerprint density at radius 3 is 2.47 bits per heavy atom. The smallest absolute Gasteiger partial charge is 0.338 e. The molecule has 0 amide bonds. The molecule has 0 aliphatic carbocycles. The summed E-state index contributed by atoms with van der Waals surface area (Å²) >= 11 is 6.04. The van der Waals surface area contributed by atoms with E-state index in [-0.39, 0.29) is 35.2 Å². The Morgan fingerprint density at radius 1 is 1.03 bits per heavy atom. The summed E-state index contributed by atoms with van der Waals surface area (Å²) in [7, 11) is 0. The van der Waals surface area contributed by atoms with E-state index in [1.54, 1.807) is 62.4 Å². The maximum Gasteiger partial charge on any atom is 0.338 e. The summed E-state index contributed by atoms with van der Waals surface area (Å²) in [6, 6.07) is 15.1. The van der Waals surface area contributed by atoms with Gasteiger partial charge in [0.2, 0.25) is 11.2 Å². The Balaban J connectivity index is 1.55. The fourth-order valence-corrected chi connectivity index (χ4v) is 3.49. The van der Waals surface area contributed by atoms with Gasteiger partial charge in [-0.15, -0.1) is 0 Å². The molecule has 0 saturated heterocycles. The second kappa shape index (κ2) is 9.97. The third kappa shape index (κ3) is 5.05. The fourth-order valence-electron chi connectivity index (χ4n) is 3.27. The van der Waals surface area contributed by atoms with Crippen LogP contribution in [0.1, 0.15) is 28.6 Å². The van der Waals surface area contributed by atoms with Crippen LogP contribution in [-0.2, 0) is 11.3 Å². The number of hydrogen-bond donors (Lipinski definition) is 0. The zero-order valence-electron chi connectivity index (χ0n) is 18.4. The number of esters is 1. The topological polar surface area (TPSA) is 75.0 Å². The standard InChI is InChI=1S/C26H20ClFO6/c1-3-31-26(30)16-5-8-19(9-6-16)34-25-15(2)33-23-13-20(10-11-21(23)24(25)29)32-14-17-4-7-18(28)12-22(17)27/h4-13H,3,14H2,1-2H3. The molecule has 4 aromatic rings. The summed E-state index contributed by atoms with van der Waals surface area (Å²) in [6.45, 7) is 3.75. The summed E-state index contributed by atoms with van der Waals surface area (Å²) in [6.07, 6.45) is 0. The Kier molecular flexibility index (Phi) is 6.84. The van der Waals surface area contributed by atoms with Crippen LogP contribution in [0.2, 0.25) is 5.02 Å². The summed E-state index contributed by atoms with van der Waals surface area (Å²) in [5.74, 6) is 0.297. The normalized spacial score (nSPS) is 10.8. The molecule has 0 radical (unpaired) electrons. The largest absolute Gasteiger partial charge is 0.489 e. The molecule has 3 aromatic carbocycles. The van der Waals surface area contributed by atoms with E-state index >= 15 is 0 Å². The zero-order chi connectivity index (χ0) is 24.2. The van der Waals surface area contributed by atoms with E-state index in [2.05, 4.69) is 0 Å². The minimum atomic E-state index is -0.435. The highest BCUT2D eigenvalue weighted by atomic mass is 35.5. The summed E-state index contributed by atoms with van der Waals surface area (Å²) < 4.78 is 35.5. The van der Waals surface area contributed by atoms with Gasteiger partial charge < -0.3 is 18.6 Å². The quantitative estimate of drug-likeness (QED) is 0.282. The van der Waals surface area contributed by atoms with Gasteiger partial charge >= 0.3 is 5.97 Å². The van der Waals surface area contributed by atoms with Gasteiger partial charge in [-0.1, -0.05) is 17.7 Å². The SMILES string of the molecule is CCOC(=O)c1ccc(Oc2c(C)oc3cc(OCc4ccc(F)cc4Cl)ccc3c2=O)cc1. The van der Waals surface area contributed by atoms with Crippen molar-refractivity contribution in [2.75, 3.05) is 6.61 Å². The van der Waals surface area contributed by atoms with E-state index < -0.39 is 11.8 Å². The van der Waals surface area contributed by atoms with E-state index in [4.69, 9.17) is 30.2 Å². The van der Waals surface area contributed by atoms with Gasteiger partial charge in [-0.05, 0) is 62.4 Å². The van der Waals surface area contributed by atoms with Crippen LogP contribution in [0.3, 0.4) is 0 Å².